The molecular formula is C28H30FN3O2. The zero-order valence-electron chi connectivity index (χ0n) is 19.7. The van der Waals surface area contributed by atoms with Gasteiger partial charge in [0.25, 0.3) is 0 Å². The molecule has 0 unspecified atom stereocenters. The molecule has 2 aliphatic heterocycles. The van der Waals surface area contributed by atoms with Crippen molar-refractivity contribution in [2.45, 2.75) is 31.7 Å². The molecule has 2 heterocycles. The highest BCUT2D eigenvalue weighted by molar-refractivity contribution is 6.03. The van der Waals surface area contributed by atoms with Gasteiger partial charge in [-0.1, -0.05) is 35.9 Å². The van der Waals surface area contributed by atoms with Gasteiger partial charge in [0.2, 0.25) is 0 Å². The predicted molar refractivity (Wildman–Crippen MR) is 133 cm³/mol. The first-order valence-electron chi connectivity index (χ1n) is 11.8. The highest BCUT2D eigenvalue weighted by Crippen LogP contribution is 2.48. The third kappa shape index (κ3) is 4.38. The molecule has 3 aromatic carbocycles. The van der Waals surface area contributed by atoms with Crippen molar-refractivity contribution in [1.29, 1.82) is 0 Å². The summed E-state index contributed by atoms with van der Waals surface area (Å²) in [5, 5.41) is 2.87. The van der Waals surface area contributed by atoms with Crippen LogP contribution in [-0.2, 0) is 12.0 Å². The van der Waals surface area contributed by atoms with Crippen molar-refractivity contribution < 1.29 is 13.9 Å². The number of anilines is 2. The minimum Gasteiger partial charge on any atom is -0.497 e. The Bertz CT molecular complexity index is 1200. The van der Waals surface area contributed by atoms with Crippen molar-refractivity contribution in [1.82, 2.24) is 4.90 Å². The molecule has 3 aromatic rings. The van der Waals surface area contributed by atoms with Crippen LogP contribution in [0.1, 0.15) is 29.5 Å². The van der Waals surface area contributed by atoms with Crippen molar-refractivity contribution >= 4 is 17.4 Å². The first-order chi connectivity index (χ1) is 16.5. The topological polar surface area (TPSA) is 44.8 Å². The fourth-order valence-corrected chi connectivity index (χ4v) is 5.35. The largest absolute Gasteiger partial charge is 0.497 e. The first-order valence-corrected chi connectivity index (χ1v) is 11.8. The number of carbonyl (C=O) groups excluding carboxylic acids is 1. The number of hydrogen-bond acceptors (Lipinski definition) is 3. The van der Waals surface area contributed by atoms with Gasteiger partial charge in [0.05, 0.1) is 7.11 Å². The second-order valence-electron chi connectivity index (χ2n) is 9.46. The highest BCUT2D eigenvalue weighted by Gasteiger charge is 2.46. The molecule has 0 aliphatic carbocycles. The van der Waals surface area contributed by atoms with E-state index in [4.69, 9.17) is 4.74 Å². The minimum atomic E-state index is -0.373. The van der Waals surface area contributed by atoms with E-state index in [0.29, 0.717) is 12.2 Å². The SMILES string of the molecule is COc1ccc2c(c1)C1(CCN(Cc3cccc(C)c3)CC1)CN2C(=O)Nc1cccc(F)c1. The summed E-state index contributed by atoms with van der Waals surface area (Å²) in [4.78, 5) is 17.6. The van der Waals surface area contributed by atoms with Crippen molar-refractivity contribution in [2.24, 2.45) is 0 Å². The van der Waals surface area contributed by atoms with Gasteiger partial charge in [-0.15, -0.1) is 0 Å². The average Bonchev–Trinajstić information content (AvgIpc) is 3.14. The Morgan fingerprint density at radius 2 is 1.85 bits per heavy atom. The summed E-state index contributed by atoms with van der Waals surface area (Å²) in [7, 11) is 1.67. The third-order valence-corrected chi connectivity index (χ3v) is 7.15. The van der Waals surface area contributed by atoms with Gasteiger partial charge < -0.3 is 10.1 Å². The standard InChI is InChI=1S/C28H30FN3O2/c1-20-5-3-6-21(15-20)18-31-13-11-28(12-14-31)19-32(26-10-9-24(34-2)17-25(26)28)27(33)30-23-8-4-7-22(29)16-23/h3-10,15-17H,11-14,18-19H2,1-2H3,(H,30,33). The van der Waals surface area contributed by atoms with Gasteiger partial charge in [0, 0.05) is 29.9 Å². The van der Waals surface area contributed by atoms with E-state index in [9.17, 15) is 9.18 Å². The molecule has 1 saturated heterocycles. The van der Waals surface area contributed by atoms with Gasteiger partial charge in [-0.05, 0) is 80.4 Å². The number of halogens is 1. The second kappa shape index (κ2) is 9.11. The minimum absolute atomic E-state index is 0.119. The summed E-state index contributed by atoms with van der Waals surface area (Å²) in [5.41, 5.74) is 5.02. The van der Waals surface area contributed by atoms with Crippen LogP contribution in [0.25, 0.3) is 0 Å². The van der Waals surface area contributed by atoms with Gasteiger partial charge in [0.15, 0.2) is 0 Å². The van der Waals surface area contributed by atoms with Crippen molar-refractivity contribution in [3.8, 4) is 5.75 Å². The van der Waals surface area contributed by atoms with E-state index in [-0.39, 0.29) is 17.3 Å². The molecule has 0 saturated carbocycles. The zero-order chi connectivity index (χ0) is 23.7. The van der Waals surface area contributed by atoms with Gasteiger partial charge >= 0.3 is 6.03 Å². The molecule has 176 valence electrons. The summed E-state index contributed by atoms with van der Waals surface area (Å²) in [6, 6.07) is 20.4. The van der Waals surface area contributed by atoms with E-state index in [1.807, 2.05) is 12.1 Å². The van der Waals surface area contributed by atoms with Crippen molar-refractivity contribution in [3.05, 3.63) is 89.2 Å². The lowest BCUT2D eigenvalue weighted by Gasteiger charge is -2.40. The van der Waals surface area contributed by atoms with Gasteiger partial charge in [-0.2, -0.15) is 0 Å². The molecule has 2 amide bonds. The summed E-state index contributed by atoms with van der Waals surface area (Å²) < 4.78 is 19.2. The summed E-state index contributed by atoms with van der Waals surface area (Å²) >= 11 is 0. The molecule has 5 nitrogen and oxygen atoms in total. The van der Waals surface area contributed by atoms with Crippen LogP contribution in [0.5, 0.6) is 5.75 Å². The van der Waals surface area contributed by atoms with Gasteiger partial charge in [-0.3, -0.25) is 9.80 Å². The van der Waals surface area contributed by atoms with E-state index >= 15 is 0 Å². The normalized spacial score (nSPS) is 17.0. The van der Waals surface area contributed by atoms with E-state index in [2.05, 4.69) is 47.5 Å². The molecule has 5 rings (SSSR count). The molecule has 0 atom stereocenters. The maximum Gasteiger partial charge on any atom is 0.326 e. The van der Waals surface area contributed by atoms with Gasteiger partial charge in [-0.25, -0.2) is 9.18 Å². The smallest absolute Gasteiger partial charge is 0.326 e. The average molecular weight is 460 g/mol. The van der Waals surface area contributed by atoms with Crippen LogP contribution < -0.4 is 15.0 Å². The van der Waals surface area contributed by atoms with Crippen molar-refractivity contribution in [3.63, 3.8) is 0 Å². The Morgan fingerprint density at radius 1 is 1.06 bits per heavy atom. The lowest BCUT2D eigenvalue weighted by atomic mass is 9.74. The highest BCUT2D eigenvalue weighted by atomic mass is 19.1. The number of urea groups is 1. The Balaban J connectivity index is 1.36. The summed E-state index contributed by atoms with van der Waals surface area (Å²) in [6.45, 7) is 5.59. The fraction of sp³-hybridized carbons (Fsp3) is 0.321. The lowest BCUT2D eigenvalue weighted by Crippen LogP contribution is -2.46. The van der Waals surface area contributed by atoms with Gasteiger partial charge in [0.1, 0.15) is 11.6 Å². The van der Waals surface area contributed by atoms with E-state index in [1.165, 1.54) is 23.3 Å². The zero-order valence-corrected chi connectivity index (χ0v) is 19.7. The first kappa shape index (κ1) is 22.4. The number of rotatable bonds is 4. The van der Waals surface area contributed by atoms with Crippen LogP contribution in [0.2, 0.25) is 0 Å². The number of nitrogens with zero attached hydrogens (tertiary/aromatic N) is 2. The molecule has 0 bridgehead atoms. The molecule has 1 N–H and O–H groups in total. The molecule has 1 spiro atoms. The summed E-state index contributed by atoms with van der Waals surface area (Å²) in [5.74, 6) is 0.425. The van der Waals surface area contributed by atoms with Crippen LogP contribution in [0.15, 0.2) is 66.7 Å². The van der Waals surface area contributed by atoms with Crippen LogP contribution in [0, 0.1) is 12.7 Å². The predicted octanol–water partition coefficient (Wildman–Crippen LogP) is 5.73. The molecule has 34 heavy (non-hydrogen) atoms. The number of nitrogens with one attached hydrogen (secondary N) is 1. The van der Waals surface area contributed by atoms with E-state index in [0.717, 1.165) is 49.5 Å². The van der Waals surface area contributed by atoms with E-state index < -0.39 is 0 Å². The van der Waals surface area contributed by atoms with Crippen LogP contribution in [0.4, 0.5) is 20.6 Å². The monoisotopic (exact) mass is 459 g/mol. The fourth-order valence-electron chi connectivity index (χ4n) is 5.35. The number of carbonyl (C=O) groups is 1. The molecule has 1 fully saturated rings. The Hall–Kier alpha value is -3.38. The summed E-state index contributed by atoms with van der Waals surface area (Å²) in [6.07, 6.45) is 1.92. The Labute approximate surface area is 200 Å². The molecule has 0 aromatic heterocycles. The third-order valence-electron chi connectivity index (χ3n) is 7.15. The molecule has 6 heteroatoms. The lowest BCUT2D eigenvalue weighted by molar-refractivity contribution is 0.160. The maximum absolute atomic E-state index is 13.6. The number of aryl methyl sites for hydroxylation is 1. The molecule has 2 aliphatic rings. The number of methoxy groups -OCH3 is 1. The molecule has 0 radical (unpaired) electrons. The second-order valence-corrected chi connectivity index (χ2v) is 9.46. The Kier molecular flexibility index (Phi) is 6.00. The van der Waals surface area contributed by atoms with Crippen molar-refractivity contribution in [2.75, 3.05) is 37.0 Å². The van der Waals surface area contributed by atoms with Crippen LogP contribution in [-0.4, -0.2) is 37.7 Å². The molecular weight excluding hydrogens is 429 g/mol. The quantitative estimate of drug-likeness (QED) is 0.542. The number of fused-ring (bicyclic) bond motifs is 2. The maximum atomic E-state index is 13.6. The Morgan fingerprint density at radius 3 is 2.59 bits per heavy atom. The number of amides is 2. The number of piperidine rings is 1. The van der Waals surface area contributed by atoms with E-state index in [1.54, 1.807) is 24.1 Å². The number of benzene rings is 3. The van der Waals surface area contributed by atoms with Crippen LogP contribution in [0.3, 0.4) is 0 Å². The number of hydrogen-bond donors (Lipinski definition) is 1. The van der Waals surface area contributed by atoms with Crippen LogP contribution >= 0.6 is 0 Å². The number of ether oxygens (including phenoxy) is 1. The number of likely N-dealkylation sites (tertiary alicyclic amines) is 1.